The van der Waals surface area contributed by atoms with Gasteiger partial charge in [-0.15, -0.1) is 0 Å². The van der Waals surface area contributed by atoms with Crippen molar-refractivity contribution in [2.45, 2.75) is 32.6 Å². The van der Waals surface area contributed by atoms with Crippen LogP contribution in [0.4, 0.5) is 4.39 Å². The average molecular weight is 314 g/mol. The van der Waals surface area contributed by atoms with E-state index in [0.717, 1.165) is 6.42 Å². The molecule has 1 aromatic carbocycles. The minimum atomic E-state index is -0.406. The van der Waals surface area contributed by atoms with Crippen molar-refractivity contribution in [3.05, 3.63) is 34.1 Å². The third-order valence-electron chi connectivity index (χ3n) is 3.98. The van der Waals surface area contributed by atoms with Crippen LogP contribution in [0.3, 0.4) is 0 Å². The summed E-state index contributed by atoms with van der Waals surface area (Å²) in [5.74, 6) is -0.613. The molecular formula is C14H17BrFNO. The van der Waals surface area contributed by atoms with E-state index in [2.05, 4.69) is 28.2 Å². The molecule has 1 aliphatic rings. The number of carbonyl (C=O) groups is 1. The first-order valence-electron chi connectivity index (χ1n) is 6.30. The minimum absolute atomic E-state index is 0.207. The van der Waals surface area contributed by atoms with Gasteiger partial charge in [-0.3, -0.25) is 4.79 Å². The van der Waals surface area contributed by atoms with Crippen LogP contribution in [0, 0.1) is 11.2 Å². The van der Waals surface area contributed by atoms with Crippen molar-refractivity contribution in [1.29, 1.82) is 0 Å². The van der Waals surface area contributed by atoms with Crippen LogP contribution in [0.25, 0.3) is 0 Å². The van der Waals surface area contributed by atoms with E-state index in [9.17, 15) is 9.18 Å². The quantitative estimate of drug-likeness (QED) is 0.897. The molecule has 18 heavy (non-hydrogen) atoms. The van der Waals surface area contributed by atoms with Gasteiger partial charge in [0.05, 0.1) is 10.0 Å². The van der Waals surface area contributed by atoms with E-state index < -0.39 is 5.82 Å². The number of amides is 1. The summed E-state index contributed by atoms with van der Waals surface area (Å²) in [6, 6.07) is 4.51. The third-order valence-corrected chi connectivity index (χ3v) is 4.79. The number of carbonyl (C=O) groups excluding carboxylic acids is 1. The fourth-order valence-electron chi connectivity index (χ4n) is 2.37. The highest BCUT2D eigenvalue weighted by Crippen LogP contribution is 2.43. The molecule has 0 aromatic heterocycles. The van der Waals surface area contributed by atoms with E-state index in [0.29, 0.717) is 12.1 Å². The van der Waals surface area contributed by atoms with E-state index in [1.54, 1.807) is 12.1 Å². The molecule has 98 valence electrons. The van der Waals surface area contributed by atoms with Crippen LogP contribution in [-0.4, -0.2) is 12.5 Å². The van der Waals surface area contributed by atoms with Gasteiger partial charge in [0.25, 0.3) is 5.91 Å². The number of nitrogens with one attached hydrogen (secondary N) is 1. The molecule has 1 aliphatic carbocycles. The molecule has 0 radical (unpaired) electrons. The lowest BCUT2D eigenvalue weighted by Gasteiger charge is -2.41. The van der Waals surface area contributed by atoms with E-state index in [1.165, 1.54) is 25.3 Å². The van der Waals surface area contributed by atoms with Crippen molar-refractivity contribution in [2.75, 3.05) is 6.54 Å². The highest BCUT2D eigenvalue weighted by molar-refractivity contribution is 9.10. The van der Waals surface area contributed by atoms with Gasteiger partial charge in [0.2, 0.25) is 0 Å². The Kier molecular flexibility index (Phi) is 4.05. The molecule has 0 unspecified atom stereocenters. The number of hydrogen-bond acceptors (Lipinski definition) is 1. The van der Waals surface area contributed by atoms with Gasteiger partial charge < -0.3 is 5.32 Å². The molecular weight excluding hydrogens is 297 g/mol. The predicted molar refractivity (Wildman–Crippen MR) is 73.0 cm³/mol. The maximum Gasteiger partial charge on any atom is 0.252 e. The first-order chi connectivity index (χ1) is 8.58. The fraction of sp³-hybridized carbons (Fsp3) is 0.500. The molecule has 1 fully saturated rings. The Hall–Kier alpha value is -0.900. The van der Waals surface area contributed by atoms with Gasteiger partial charge in [-0.1, -0.05) is 19.4 Å². The molecule has 2 nitrogen and oxygen atoms in total. The summed E-state index contributed by atoms with van der Waals surface area (Å²) in [7, 11) is 0. The Bertz CT molecular complexity index is 452. The van der Waals surface area contributed by atoms with Gasteiger partial charge in [0.1, 0.15) is 5.82 Å². The van der Waals surface area contributed by atoms with Gasteiger partial charge in [-0.05, 0) is 52.7 Å². The second-order valence-corrected chi connectivity index (χ2v) is 5.78. The summed E-state index contributed by atoms with van der Waals surface area (Å²) < 4.78 is 13.6. The molecule has 1 saturated carbocycles. The highest BCUT2D eigenvalue weighted by atomic mass is 79.9. The largest absolute Gasteiger partial charge is 0.351 e. The average Bonchev–Trinajstić information content (AvgIpc) is 2.31. The molecule has 0 aliphatic heterocycles. The predicted octanol–water partition coefficient (Wildman–Crippen LogP) is 3.90. The summed E-state index contributed by atoms with van der Waals surface area (Å²) in [6.07, 6.45) is 4.67. The molecule has 0 heterocycles. The Morgan fingerprint density at radius 3 is 2.78 bits per heavy atom. The Morgan fingerprint density at radius 1 is 1.50 bits per heavy atom. The second-order valence-electron chi connectivity index (χ2n) is 4.99. The summed E-state index contributed by atoms with van der Waals surface area (Å²) in [6.45, 7) is 2.84. The van der Waals surface area contributed by atoms with Crippen LogP contribution in [0.2, 0.25) is 0 Å². The number of halogens is 2. The van der Waals surface area contributed by atoms with Crippen LogP contribution < -0.4 is 5.32 Å². The van der Waals surface area contributed by atoms with Crippen molar-refractivity contribution in [3.63, 3.8) is 0 Å². The molecule has 0 atom stereocenters. The summed E-state index contributed by atoms with van der Waals surface area (Å²) in [4.78, 5) is 12.0. The Balaban J connectivity index is 2.02. The van der Waals surface area contributed by atoms with Crippen molar-refractivity contribution < 1.29 is 9.18 Å². The number of rotatable bonds is 4. The van der Waals surface area contributed by atoms with Crippen molar-refractivity contribution in [2.24, 2.45) is 5.41 Å². The normalized spacial score (nSPS) is 17.1. The van der Waals surface area contributed by atoms with Crippen molar-refractivity contribution in [1.82, 2.24) is 5.32 Å². The molecule has 1 amide bonds. The van der Waals surface area contributed by atoms with Gasteiger partial charge in [0.15, 0.2) is 0 Å². The van der Waals surface area contributed by atoms with Crippen LogP contribution in [-0.2, 0) is 0 Å². The van der Waals surface area contributed by atoms with Crippen LogP contribution >= 0.6 is 15.9 Å². The molecule has 0 bridgehead atoms. The van der Waals surface area contributed by atoms with Crippen LogP contribution in [0.5, 0.6) is 0 Å². The molecule has 0 spiro atoms. The summed E-state index contributed by atoms with van der Waals surface area (Å²) >= 11 is 3.11. The zero-order valence-corrected chi connectivity index (χ0v) is 12.0. The minimum Gasteiger partial charge on any atom is -0.351 e. The van der Waals surface area contributed by atoms with E-state index >= 15 is 0 Å². The number of benzene rings is 1. The zero-order chi connectivity index (χ0) is 13.2. The monoisotopic (exact) mass is 313 g/mol. The SMILES string of the molecule is CCC1(CNC(=O)c2cccc(F)c2Br)CCC1. The Labute approximate surface area is 115 Å². The summed E-state index contributed by atoms with van der Waals surface area (Å²) in [5, 5.41) is 2.93. The zero-order valence-electron chi connectivity index (χ0n) is 10.4. The van der Waals surface area contributed by atoms with E-state index in [1.807, 2.05) is 0 Å². The topological polar surface area (TPSA) is 29.1 Å². The third kappa shape index (κ3) is 2.58. The smallest absolute Gasteiger partial charge is 0.252 e. The maximum absolute atomic E-state index is 13.3. The van der Waals surface area contributed by atoms with E-state index in [4.69, 9.17) is 0 Å². The lowest BCUT2D eigenvalue weighted by Crippen LogP contribution is -2.41. The van der Waals surface area contributed by atoms with Gasteiger partial charge in [-0.2, -0.15) is 0 Å². The van der Waals surface area contributed by atoms with Crippen molar-refractivity contribution >= 4 is 21.8 Å². The fourth-order valence-corrected chi connectivity index (χ4v) is 2.82. The number of hydrogen-bond donors (Lipinski definition) is 1. The molecule has 2 rings (SSSR count). The molecule has 1 aromatic rings. The van der Waals surface area contributed by atoms with Gasteiger partial charge in [0, 0.05) is 6.54 Å². The maximum atomic E-state index is 13.3. The first kappa shape index (κ1) is 13.5. The van der Waals surface area contributed by atoms with Crippen LogP contribution in [0.15, 0.2) is 22.7 Å². The lowest BCUT2D eigenvalue weighted by atomic mass is 9.67. The summed E-state index contributed by atoms with van der Waals surface area (Å²) in [5.41, 5.74) is 0.635. The van der Waals surface area contributed by atoms with E-state index in [-0.39, 0.29) is 15.8 Å². The highest BCUT2D eigenvalue weighted by Gasteiger charge is 2.35. The molecule has 4 heteroatoms. The standard InChI is InChI=1S/C14H17BrFNO/c1-2-14(7-4-8-14)9-17-13(18)10-5-3-6-11(16)12(10)15/h3,5-6H,2,4,7-9H2,1H3,(H,17,18). The Morgan fingerprint density at radius 2 is 2.22 bits per heavy atom. The molecule has 0 saturated heterocycles. The van der Waals surface area contributed by atoms with Crippen LogP contribution in [0.1, 0.15) is 43.0 Å². The van der Waals surface area contributed by atoms with Gasteiger partial charge in [-0.25, -0.2) is 4.39 Å². The lowest BCUT2D eigenvalue weighted by molar-refractivity contribution is 0.0849. The first-order valence-corrected chi connectivity index (χ1v) is 7.09. The molecule has 1 N–H and O–H groups in total. The van der Waals surface area contributed by atoms with Gasteiger partial charge >= 0.3 is 0 Å². The second kappa shape index (κ2) is 5.39. The van der Waals surface area contributed by atoms with Crippen molar-refractivity contribution in [3.8, 4) is 0 Å².